The quantitative estimate of drug-likeness (QED) is 0.0228. The Kier molecular flexibility index (Phi) is 50.3. The third-order valence-electron chi connectivity index (χ3n) is 13.9. The molecular formula is C67H112O12. The van der Waals surface area contributed by atoms with E-state index in [0.29, 0.717) is 19.3 Å². The predicted octanol–water partition coefficient (Wildman–Crippen LogP) is 16.7. The van der Waals surface area contributed by atoms with Gasteiger partial charge in [0, 0.05) is 19.3 Å². The summed E-state index contributed by atoms with van der Waals surface area (Å²) in [6.07, 6.45) is 58.3. The molecule has 0 spiro atoms. The molecule has 79 heavy (non-hydrogen) atoms. The van der Waals surface area contributed by atoms with Crippen molar-refractivity contribution in [2.24, 2.45) is 0 Å². The maximum absolute atomic E-state index is 13.2. The van der Waals surface area contributed by atoms with Crippen molar-refractivity contribution in [1.29, 1.82) is 0 Å². The van der Waals surface area contributed by atoms with Gasteiger partial charge in [-0.2, -0.15) is 0 Å². The van der Waals surface area contributed by atoms with Gasteiger partial charge in [-0.05, 0) is 116 Å². The van der Waals surface area contributed by atoms with E-state index in [-0.39, 0.29) is 25.9 Å². The van der Waals surface area contributed by atoms with Crippen LogP contribution in [0.25, 0.3) is 0 Å². The Morgan fingerprint density at radius 3 is 1.28 bits per heavy atom. The Bertz CT molecular complexity index is 1700. The monoisotopic (exact) mass is 1110 g/mol. The van der Waals surface area contributed by atoms with Crippen LogP contribution in [0.1, 0.15) is 265 Å². The van der Waals surface area contributed by atoms with Crippen molar-refractivity contribution < 1.29 is 58.2 Å². The Morgan fingerprint density at radius 1 is 0.430 bits per heavy atom. The summed E-state index contributed by atoms with van der Waals surface area (Å²) in [5, 5.41) is 31.6. The van der Waals surface area contributed by atoms with Crippen LogP contribution in [0.3, 0.4) is 0 Å². The lowest BCUT2D eigenvalue weighted by Crippen LogP contribution is -2.61. The fraction of sp³-hybridized carbons (Fsp3) is 0.731. The number of esters is 3. The Hall–Kier alpha value is -4.10. The van der Waals surface area contributed by atoms with Gasteiger partial charge in [0.15, 0.2) is 24.6 Å². The molecule has 1 fully saturated rings. The lowest BCUT2D eigenvalue weighted by molar-refractivity contribution is -0.301. The lowest BCUT2D eigenvalue weighted by Gasteiger charge is -2.40. The Morgan fingerprint density at radius 2 is 0.797 bits per heavy atom. The van der Waals surface area contributed by atoms with Gasteiger partial charge in [-0.1, -0.05) is 215 Å². The van der Waals surface area contributed by atoms with Crippen molar-refractivity contribution in [3.63, 3.8) is 0 Å². The van der Waals surface area contributed by atoms with E-state index in [1.54, 1.807) is 0 Å². The molecular weight excluding hydrogens is 997 g/mol. The number of carboxylic acid groups (broad SMARTS) is 1. The van der Waals surface area contributed by atoms with E-state index >= 15 is 0 Å². The molecule has 0 saturated carbocycles. The minimum atomic E-state index is -1.92. The van der Waals surface area contributed by atoms with Gasteiger partial charge in [-0.25, -0.2) is 4.79 Å². The zero-order chi connectivity index (χ0) is 57.5. The third kappa shape index (κ3) is 44.3. The average molecular weight is 1110 g/mol. The van der Waals surface area contributed by atoms with Gasteiger partial charge < -0.3 is 39.0 Å². The van der Waals surface area contributed by atoms with Crippen LogP contribution < -0.4 is 0 Å². The third-order valence-corrected chi connectivity index (χ3v) is 13.9. The molecule has 1 saturated heterocycles. The van der Waals surface area contributed by atoms with Crippen LogP contribution >= 0.6 is 0 Å². The van der Waals surface area contributed by atoms with Gasteiger partial charge in [0.1, 0.15) is 18.8 Å². The number of hydrogen-bond acceptors (Lipinski definition) is 11. The zero-order valence-electron chi connectivity index (χ0n) is 49.8. The molecule has 0 amide bonds. The number of hydrogen-bond donors (Lipinski definition) is 3. The Labute approximate surface area is 480 Å². The van der Waals surface area contributed by atoms with Crippen LogP contribution in [0.5, 0.6) is 0 Å². The number of carboxylic acids is 1. The molecule has 0 aromatic rings. The van der Waals surface area contributed by atoms with E-state index in [9.17, 15) is 34.5 Å². The molecule has 1 aliphatic rings. The van der Waals surface area contributed by atoms with Crippen molar-refractivity contribution in [2.75, 3.05) is 13.2 Å². The molecule has 12 heteroatoms. The molecule has 6 atom stereocenters. The first-order valence-corrected chi connectivity index (χ1v) is 31.6. The van der Waals surface area contributed by atoms with Gasteiger partial charge in [-0.3, -0.25) is 14.4 Å². The maximum Gasteiger partial charge on any atom is 0.335 e. The molecule has 12 nitrogen and oxygen atoms in total. The number of aliphatic hydroxyl groups excluding tert-OH is 2. The zero-order valence-corrected chi connectivity index (χ0v) is 49.8. The number of aliphatic carboxylic acids is 1. The second kappa shape index (κ2) is 54.5. The molecule has 0 bridgehead atoms. The SMILES string of the molecule is CC/C=C\C/C=C\C/C=C\C/C=C\CCCCC(=O)OC(COC(=O)CCCCCCCCC/C=C\CCCCCCCC)COC1OC(C(=O)O)C(O)C(O)C1OC(=O)CCCCCCCCC/C=C\C/C=C\CCCCC. The summed E-state index contributed by atoms with van der Waals surface area (Å²) in [6, 6.07) is 0. The van der Waals surface area contributed by atoms with E-state index in [2.05, 4.69) is 106 Å². The highest BCUT2D eigenvalue weighted by molar-refractivity contribution is 5.74. The van der Waals surface area contributed by atoms with E-state index in [4.69, 9.17) is 23.7 Å². The van der Waals surface area contributed by atoms with E-state index in [1.807, 2.05) is 0 Å². The average Bonchev–Trinajstić information content (AvgIpc) is 3.46. The highest BCUT2D eigenvalue weighted by Crippen LogP contribution is 2.26. The van der Waals surface area contributed by atoms with E-state index in [0.717, 1.165) is 128 Å². The summed E-state index contributed by atoms with van der Waals surface area (Å²) in [7, 11) is 0. The summed E-state index contributed by atoms with van der Waals surface area (Å²) in [5.41, 5.74) is 0. The van der Waals surface area contributed by atoms with Crippen LogP contribution in [-0.2, 0) is 42.9 Å². The summed E-state index contributed by atoms with van der Waals surface area (Å²) >= 11 is 0. The largest absolute Gasteiger partial charge is 0.479 e. The minimum Gasteiger partial charge on any atom is -0.479 e. The van der Waals surface area contributed by atoms with Crippen molar-refractivity contribution in [3.05, 3.63) is 85.1 Å². The smallest absolute Gasteiger partial charge is 0.335 e. The summed E-state index contributed by atoms with van der Waals surface area (Å²) < 4.78 is 28.4. The normalized spacial score (nSPS) is 18.4. The first kappa shape index (κ1) is 72.9. The molecule has 3 N–H and O–H groups in total. The molecule has 0 aromatic carbocycles. The van der Waals surface area contributed by atoms with Crippen molar-refractivity contribution in [2.45, 2.75) is 302 Å². The molecule has 1 heterocycles. The summed E-state index contributed by atoms with van der Waals surface area (Å²) in [6.45, 7) is 5.82. The molecule has 0 aliphatic carbocycles. The molecule has 452 valence electrons. The second-order valence-corrected chi connectivity index (χ2v) is 21.3. The molecule has 0 radical (unpaired) electrons. The molecule has 0 aromatic heterocycles. The first-order chi connectivity index (χ1) is 38.6. The van der Waals surface area contributed by atoms with Gasteiger partial charge in [-0.15, -0.1) is 0 Å². The summed E-state index contributed by atoms with van der Waals surface area (Å²) in [5.74, 6) is -3.19. The van der Waals surface area contributed by atoms with Gasteiger partial charge in [0.05, 0.1) is 6.61 Å². The van der Waals surface area contributed by atoms with Gasteiger partial charge in [0.25, 0.3) is 0 Å². The highest BCUT2D eigenvalue weighted by Gasteiger charge is 2.50. The topological polar surface area (TPSA) is 175 Å². The van der Waals surface area contributed by atoms with Crippen molar-refractivity contribution >= 4 is 23.9 Å². The lowest BCUT2D eigenvalue weighted by atomic mass is 9.98. The van der Waals surface area contributed by atoms with Crippen LogP contribution in [0.4, 0.5) is 0 Å². The minimum absolute atomic E-state index is 0.0436. The van der Waals surface area contributed by atoms with Crippen LogP contribution in [-0.4, -0.2) is 89.2 Å². The highest BCUT2D eigenvalue weighted by atomic mass is 16.7. The number of aliphatic hydroxyl groups is 2. The van der Waals surface area contributed by atoms with Crippen LogP contribution in [0.2, 0.25) is 0 Å². The number of carbonyl (C=O) groups excluding carboxylic acids is 3. The van der Waals surface area contributed by atoms with E-state index in [1.165, 1.54) is 77.0 Å². The number of unbranched alkanes of at least 4 members (excludes halogenated alkanes) is 25. The van der Waals surface area contributed by atoms with Crippen molar-refractivity contribution in [3.8, 4) is 0 Å². The second-order valence-electron chi connectivity index (χ2n) is 21.3. The molecule has 6 unspecified atom stereocenters. The van der Waals surface area contributed by atoms with Crippen LogP contribution in [0, 0.1) is 0 Å². The summed E-state index contributed by atoms with van der Waals surface area (Å²) in [4.78, 5) is 51.2. The first-order valence-electron chi connectivity index (χ1n) is 31.6. The van der Waals surface area contributed by atoms with Gasteiger partial charge >= 0.3 is 23.9 Å². The maximum atomic E-state index is 13.2. The predicted molar refractivity (Wildman–Crippen MR) is 321 cm³/mol. The van der Waals surface area contributed by atoms with E-state index < -0.39 is 67.3 Å². The number of allylic oxidation sites excluding steroid dienone is 14. The standard InChI is InChI=1S/C67H112O12/c1-4-7-10-13-16-19-22-25-28-30-33-35-38-41-44-47-50-53-59(68)75-56-58(77-60(69)54-51-48-45-42-39-36-32-27-24-21-18-15-12-9-6-3)57-76-67-65(63(72)62(71)64(79-67)66(73)74)78-61(70)55-52-49-46-43-40-37-34-31-29-26-23-20-17-14-11-8-5-2/h9,12,17-18,20-21,25-29,32,39,42,58,62-65,67,71-72H,4-8,10-11,13-16,19,22-24,30-31,33-38,40-41,43-57H2,1-3H3,(H,73,74)/b12-9-,20-17-,21-18-,28-25-,29-26-,32-27-,42-39-. The fourth-order valence-corrected chi connectivity index (χ4v) is 9.09. The molecule has 1 aliphatic heterocycles. The fourth-order valence-electron chi connectivity index (χ4n) is 9.09. The number of carbonyl (C=O) groups is 4. The number of ether oxygens (including phenoxy) is 5. The Balaban J connectivity index is 2.70. The van der Waals surface area contributed by atoms with Gasteiger partial charge in [0.2, 0.25) is 0 Å². The van der Waals surface area contributed by atoms with Crippen molar-refractivity contribution in [1.82, 2.24) is 0 Å². The number of rotatable bonds is 53. The molecule has 1 rings (SSSR count). The van der Waals surface area contributed by atoms with Crippen LogP contribution in [0.15, 0.2) is 85.1 Å².